The maximum absolute atomic E-state index is 8.64. The number of aliphatic hydroxyl groups is 1. The molecule has 0 saturated heterocycles. The highest BCUT2D eigenvalue weighted by Gasteiger charge is 2.01. The predicted octanol–water partition coefficient (Wildman–Crippen LogP) is -0.848. The van der Waals surface area contributed by atoms with E-state index in [2.05, 4.69) is 10.3 Å². The summed E-state index contributed by atoms with van der Waals surface area (Å²) in [6.07, 6.45) is 3.54. The second-order valence-corrected chi connectivity index (χ2v) is 2.69. The predicted molar refractivity (Wildman–Crippen MR) is 46.8 cm³/mol. The molecule has 12 heavy (non-hydrogen) atoms. The van der Waals surface area contributed by atoms with Gasteiger partial charge in [0.15, 0.2) is 0 Å². The minimum atomic E-state index is -0.235. The summed E-state index contributed by atoms with van der Waals surface area (Å²) in [5, 5.41) is 11.7. The van der Waals surface area contributed by atoms with Crippen LogP contribution >= 0.6 is 0 Å². The summed E-state index contributed by atoms with van der Waals surface area (Å²) in [6, 6.07) is -0.235. The number of hydrogen-bond acceptors (Lipinski definition) is 4. The molecule has 0 aliphatic heterocycles. The van der Waals surface area contributed by atoms with Gasteiger partial charge >= 0.3 is 0 Å². The summed E-state index contributed by atoms with van der Waals surface area (Å²) in [5.74, 6) is 0.763. The van der Waals surface area contributed by atoms with Crippen molar-refractivity contribution in [2.24, 2.45) is 12.8 Å². The van der Waals surface area contributed by atoms with Crippen LogP contribution in [0.5, 0.6) is 0 Å². The van der Waals surface area contributed by atoms with Gasteiger partial charge in [0.1, 0.15) is 0 Å². The first-order chi connectivity index (χ1) is 5.74. The molecule has 0 amide bonds. The molecule has 1 aromatic rings. The summed E-state index contributed by atoms with van der Waals surface area (Å²) in [7, 11) is 1.89. The number of aryl methyl sites for hydroxylation is 1. The van der Waals surface area contributed by atoms with Crippen molar-refractivity contribution in [1.29, 1.82) is 0 Å². The van der Waals surface area contributed by atoms with Gasteiger partial charge in [-0.25, -0.2) is 4.98 Å². The first kappa shape index (κ1) is 9.02. The standard InChI is InChI=1S/C7H14N4O/c1-11-3-2-9-7(11)10-4-6(8)5-12/h2-3,6,12H,4-5,8H2,1H3,(H,9,10). The van der Waals surface area contributed by atoms with E-state index in [0.29, 0.717) is 6.54 Å². The molecule has 0 fully saturated rings. The third-order valence-corrected chi connectivity index (χ3v) is 1.58. The minimum Gasteiger partial charge on any atom is -0.395 e. The quantitative estimate of drug-likeness (QED) is 0.550. The Morgan fingerprint density at radius 3 is 3.08 bits per heavy atom. The maximum Gasteiger partial charge on any atom is 0.202 e. The molecule has 0 aliphatic rings. The van der Waals surface area contributed by atoms with Crippen LogP contribution in [0.4, 0.5) is 5.95 Å². The molecule has 0 radical (unpaired) electrons. The second kappa shape index (κ2) is 4.08. The Kier molecular flexibility index (Phi) is 3.07. The van der Waals surface area contributed by atoms with E-state index in [9.17, 15) is 0 Å². The molecular formula is C7H14N4O. The molecule has 68 valence electrons. The lowest BCUT2D eigenvalue weighted by atomic mass is 10.3. The normalized spacial score (nSPS) is 12.9. The maximum atomic E-state index is 8.64. The lowest BCUT2D eigenvalue weighted by Gasteiger charge is -2.09. The topological polar surface area (TPSA) is 76.1 Å². The van der Waals surface area contributed by atoms with Gasteiger partial charge in [0.25, 0.3) is 0 Å². The Hall–Kier alpha value is -1.07. The average Bonchev–Trinajstić information content (AvgIpc) is 2.47. The Morgan fingerprint density at radius 1 is 1.83 bits per heavy atom. The molecule has 5 heteroatoms. The van der Waals surface area contributed by atoms with Gasteiger partial charge < -0.3 is 20.7 Å². The van der Waals surface area contributed by atoms with E-state index >= 15 is 0 Å². The monoisotopic (exact) mass is 170 g/mol. The van der Waals surface area contributed by atoms with Gasteiger partial charge in [0.05, 0.1) is 6.61 Å². The van der Waals surface area contributed by atoms with Gasteiger partial charge in [0.2, 0.25) is 5.95 Å². The van der Waals surface area contributed by atoms with Crippen LogP contribution in [0.2, 0.25) is 0 Å². The van der Waals surface area contributed by atoms with Crippen molar-refractivity contribution in [3.05, 3.63) is 12.4 Å². The number of aliphatic hydroxyl groups excluding tert-OH is 1. The Balaban J connectivity index is 2.38. The van der Waals surface area contributed by atoms with Crippen LogP contribution in [-0.4, -0.2) is 33.9 Å². The first-order valence-electron chi connectivity index (χ1n) is 3.81. The molecule has 1 atom stereocenters. The van der Waals surface area contributed by atoms with Crippen LogP contribution in [0, 0.1) is 0 Å². The summed E-state index contributed by atoms with van der Waals surface area (Å²) in [6.45, 7) is 0.513. The van der Waals surface area contributed by atoms with Crippen molar-refractivity contribution in [3.63, 3.8) is 0 Å². The smallest absolute Gasteiger partial charge is 0.202 e. The third kappa shape index (κ3) is 2.21. The summed E-state index contributed by atoms with van der Waals surface area (Å²) in [4.78, 5) is 4.04. The molecule has 1 rings (SSSR count). The second-order valence-electron chi connectivity index (χ2n) is 2.69. The number of anilines is 1. The molecule has 0 aliphatic carbocycles. The van der Waals surface area contributed by atoms with Gasteiger partial charge in [-0.15, -0.1) is 0 Å². The fraction of sp³-hybridized carbons (Fsp3) is 0.571. The van der Waals surface area contributed by atoms with Gasteiger partial charge in [0, 0.05) is 32.0 Å². The van der Waals surface area contributed by atoms with E-state index in [-0.39, 0.29) is 12.6 Å². The lowest BCUT2D eigenvalue weighted by molar-refractivity contribution is 0.270. The van der Waals surface area contributed by atoms with Crippen LogP contribution in [0.25, 0.3) is 0 Å². The third-order valence-electron chi connectivity index (χ3n) is 1.58. The summed E-state index contributed by atoms with van der Waals surface area (Å²) < 4.78 is 1.85. The molecule has 0 aromatic carbocycles. The zero-order valence-corrected chi connectivity index (χ0v) is 7.07. The summed E-state index contributed by atoms with van der Waals surface area (Å²) >= 11 is 0. The number of nitrogens with zero attached hydrogens (tertiary/aromatic N) is 2. The van der Waals surface area contributed by atoms with E-state index in [4.69, 9.17) is 10.8 Å². The Labute approximate surface area is 71.2 Å². The molecule has 1 aromatic heterocycles. The molecule has 4 N–H and O–H groups in total. The average molecular weight is 170 g/mol. The highest BCUT2D eigenvalue weighted by molar-refractivity contribution is 5.25. The Bertz CT molecular complexity index is 235. The zero-order valence-electron chi connectivity index (χ0n) is 7.07. The van der Waals surface area contributed by atoms with Crippen LogP contribution in [-0.2, 0) is 7.05 Å². The van der Waals surface area contributed by atoms with Gasteiger partial charge in [-0.05, 0) is 0 Å². The van der Waals surface area contributed by atoms with Crippen molar-refractivity contribution in [1.82, 2.24) is 9.55 Å². The van der Waals surface area contributed by atoms with Crippen molar-refractivity contribution < 1.29 is 5.11 Å². The molecule has 0 saturated carbocycles. The lowest BCUT2D eigenvalue weighted by Crippen LogP contribution is -2.33. The minimum absolute atomic E-state index is 0.0164. The van der Waals surface area contributed by atoms with E-state index in [1.807, 2.05) is 17.8 Å². The molecule has 1 heterocycles. The van der Waals surface area contributed by atoms with Crippen molar-refractivity contribution in [2.45, 2.75) is 6.04 Å². The van der Waals surface area contributed by atoms with E-state index in [1.165, 1.54) is 0 Å². The fourth-order valence-corrected chi connectivity index (χ4v) is 0.823. The number of rotatable bonds is 4. The van der Waals surface area contributed by atoms with Crippen LogP contribution < -0.4 is 11.1 Å². The van der Waals surface area contributed by atoms with Gasteiger partial charge in [-0.1, -0.05) is 0 Å². The number of aromatic nitrogens is 2. The fourth-order valence-electron chi connectivity index (χ4n) is 0.823. The van der Waals surface area contributed by atoms with E-state index in [0.717, 1.165) is 5.95 Å². The zero-order chi connectivity index (χ0) is 8.97. The van der Waals surface area contributed by atoms with Crippen molar-refractivity contribution in [2.75, 3.05) is 18.5 Å². The SMILES string of the molecule is Cn1ccnc1NCC(N)CO. The van der Waals surface area contributed by atoms with E-state index < -0.39 is 0 Å². The Morgan fingerprint density at radius 2 is 2.58 bits per heavy atom. The van der Waals surface area contributed by atoms with E-state index in [1.54, 1.807) is 6.20 Å². The number of hydrogen-bond donors (Lipinski definition) is 3. The molecule has 5 nitrogen and oxygen atoms in total. The molecule has 0 spiro atoms. The molecular weight excluding hydrogens is 156 g/mol. The molecule has 1 unspecified atom stereocenters. The van der Waals surface area contributed by atoms with Gasteiger partial charge in [-0.3, -0.25) is 0 Å². The van der Waals surface area contributed by atoms with Crippen LogP contribution in [0.1, 0.15) is 0 Å². The van der Waals surface area contributed by atoms with Crippen molar-refractivity contribution >= 4 is 5.95 Å². The first-order valence-corrected chi connectivity index (χ1v) is 3.81. The number of nitrogens with one attached hydrogen (secondary N) is 1. The highest BCUT2D eigenvalue weighted by atomic mass is 16.3. The summed E-state index contributed by atoms with van der Waals surface area (Å²) in [5.41, 5.74) is 5.49. The van der Waals surface area contributed by atoms with Gasteiger partial charge in [-0.2, -0.15) is 0 Å². The highest BCUT2D eigenvalue weighted by Crippen LogP contribution is 1.99. The van der Waals surface area contributed by atoms with Crippen LogP contribution in [0.3, 0.4) is 0 Å². The number of imidazole rings is 1. The van der Waals surface area contributed by atoms with Crippen LogP contribution in [0.15, 0.2) is 12.4 Å². The molecule has 0 bridgehead atoms. The number of nitrogens with two attached hydrogens (primary N) is 1. The van der Waals surface area contributed by atoms with Crippen molar-refractivity contribution in [3.8, 4) is 0 Å². The largest absolute Gasteiger partial charge is 0.395 e.